The number of hydrogen-bond donors (Lipinski definition) is 1. The normalized spacial score (nSPS) is 18.6. The Morgan fingerprint density at radius 2 is 1.95 bits per heavy atom. The number of nitrogens with zero attached hydrogens (tertiary/aromatic N) is 2. The molecule has 0 aromatic carbocycles. The molecule has 0 amide bonds. The highest BCUT2D eigenvalue weighted by Gasteiger charge is 2.59. The molecule has 1 rings (SSSR count). The topological polar surface area (TPSA) is 109 Å². The van der Waals surface area contributed by atoms with Crippen molar-refractivity contribution in [3.05, 3.63) is 5.53 Å². The Hall–Kier alpha value is -1.72. The summed E-state index contributed by atoms with van der Waals surface area (Å²) in [6, 6.07) is 0. The molecule has 1 atom stereocenters. The first-order valence-electron chi connectivity index (χ1n) is 6.72. The molecule has 1 fully saturated rings. The maximum absolute atomic E-state index is 12.0. The van der Waals surface area contributed by atoms with Gasteiger partial charge in [-0.15, -0.1) is 0 Å². The molecule has 1 N–H and O–H groups in total. The second-order valence-corrected chi connectivity index (χ2v) is 4.76. The zero-order chi connectivity index (χ0) is 15.2. The molecule has 1 aliphatic rings. The Labute approximate surface area is 117 Å². The zero-order valence-electron chi connectivity index (χ0n) is 11.8. The van der Waals surface area contributed by atoms with Crippen LogP contribution in [0.2, 0.25) is 0 Å². The van der Waals surface area contributed by atoms with Crippen molar-refractivity contribution in [1.82, 2.24) is 0 Å². The van der Waals surface area contributed by atoms with Crippen LogP contribution < -0.4 is 0 Å². The van der Waals surface area contributed by atoms with Crippen LogP contribution in [0.4, 0.5) is 0 Å². The summed E-state index contributed by atoms with van der Waals surface area (Å²) in [5, 5.41) is 10.7. The average molecular weight is 284 g/mol. The van der Waals surface area contributed by atoms with E-state index in [9.17, 15) is 14.7 Å². The van der Waals surface area contributed by atoms with Gasteiger partial charge in [-0.05, 0) is 19.8 Å². The van der Waals surface area contributed by atoms with Gasteiger partial charge in [0, 0.05) is 5.92 Å². The van der Waals surface area contributed by atoms with Gasteiger partial charge in [-0.2, -0.15) is 4.79 Å². The van der Waals surface area contributed by atoms with Gasteiger partial charge < -0.3 is 20.1 Å². The van der Waals surface area contributed by atoms with Crippen molar-refractivity contribution >= 4 is 17.7 Å². The molecule has 1 saturated carbocycles. The number of carbonyl (C=O) groups is 2. The Bertz CT molecular complexity index is 424. The lowest BCUT2D eigenvalue weighted by Crippen LogP contribution is -2.57. The number of rotatable bonds is 5. The lowest BCUT2D eigenvalue weighted by atomic mass is 9.74. The minimum absolute atomic E-state index is 0.0414. The van der Waals surface area contributed by atoms with Crippen LogP contribution in [0.5, 0.6) is 0 Å². The second kappa shape index (κ2) is 7.17. The molecule has 0 radical (unpaired) electrons. The molecule has 0 aromatic heterocycles. The van der Waals surface area contributed by atoms with Gasteiger partial charge in [0.2, 0.25) is 0 Å². The number of aliphatic hydroxyl groups is 1. The van der Waals surface area contributed by atoms with E-state index in [1.165, 1.54) is 0 Å². The minimum Gasteiger partial charge on any atom is -0.466 e. The van der Waals surface area contributed by atoms with Gasteiger partial charge in [-0.25, -0.2) is 9.59 Å². The molecule has 20 heavy (non-hydrogen) atoms. The third kappa shape index (κ3) is 3.05. The molecular weight excluding hydrogens is 264 g/mol. The standard InChI is InChI=1S/C13H20N2O5/c1-3-20-11(16)10(15-14)13(18,12(17)19-2)9-7-5-4-6-8-9/h9,18H,3-8H2,1-2H3. The molecule has 1 aliphatic carbocycles. The van der Waals surface area contributed by atoms with Crippen molar-refractivity contribution in [2.24, 2.45) is 5.92 Å². The quantitative estimate of drug-likeness (QED) is 0.346. The van der Waals surface area contributed by atoms with Crippen molar-refractivity contribution in [2.75, 3.05) is 13.7 Å². The average Bonchev–Trinajstić information content (AvgIpc) is 2.48. The molecule has 112 valence electrons. The first-order valence-corrected chi connectivity index (χ1v) is 6.72. The monoisotopic (exact) mass is 284 g/mol. The summed E-state index contributed by atoms with van der Waals surface area (Å²) in [6.07, 6.45) is 3.74. The van der Waals surface area contributed by atoms with Crippen LogP contribution in [-0.2, 0) is 19.1 Å². The molecule has 0 bridgehead atoms. The van der Waals surface area contributed by atoms with Crippen LogP contribution in [0.3, 0.4) is 0 Å². The molecule has 7 nitrogen and oxygen atoms in total. The van der Waals surface area contributed by atoms with E-state index >= 15 is 0 Å². The highest BCUT2D eigenvalue weighted by molar-refractivity contribution is 6.41. The van der Waals surface area contributed by atoms with Gasteiger partial charge in [-0.1, -0.05) is 19.3 Å². The lowest BCUT2D eigenvalue weighted by molar-refractivity contribution is -0.169. The molecule has 0 heterocycles. The molecule has 7 heteroatoms. The molecular formula is C13H20N2O5. The van der Waals surface area contributed by atoms with E-state index in [0.717, 1.165) is 26.4 Å². The Kier molecular flexibility index (Phi) is 5.85. The zero-order valence-corrected chi connectivity index (χ0v) is 11.8. The molecule has 1 unspecified atom stereocenters. The summed E-state index contributed by atoms with van der Waals surface area (Å²) in [4.78, 5) is 26.6. The summed E-state index contributed by atoms with van der Waals surface area (Å²) in [6.45, 7) is 1.62. The maximum atomic E-state index is 12.0. The summed E-state index contributed by atoms with van der Waals surface area (Å²) >= 11 is 0. The fourth-order valence-electron chi connectivity index (χ4n) is 2.60. The fraction of sp³-hybridized carbons (Fsp3) is 0.769. The molecule has 0 saturated heterocycles. The molecule has 0 aromatic rings. The van der Waals surface area contributed by atoms with Gasteiger partial charge in [0.05, 0.1) is 13.7 Å². The maximum Gasteiger partial charge on any atom is 0.420 e. The number of ether oxygens (including phenoxy) is 2. The van der Waals surface area contributed by atoms with E-state index < -0.39 is 29.2 Å². The van der Waals surface area contributed by atoms with Crippen LogP contribution in [0, 0.1) is 5.92 Å². The number of carbonyl (C=O) groups excluding carboxylic acids is 2. The number of esters is 2. The predicted octanol–water partition coefficient (Wildman–Crippen LogP) is 0.705. The molecule has 0 spiro atoms. The van der Waals surface area contributed by atoms with E-state index in [4.69, 9.17) is 10.3 Å². The van der Waals surface area contributed by atoms with Gasteiger partial charge in [0.1, 0.15) is 0 Å². The van der Waals surface area contributed by atoms with Crippen LogP contribution in [0.25, 0.3) is 5.53 Å². The van der Waals surface area contributed by atoms with Crippen molar-refractivity contribution in [2.45, 2.75) is 44.6 Å². The van der Waals surface area contributed by atoms with Crippen molar-refractivity contribution in [3.8, 4) is 0 Å². The molecule has 0 aliphatic heterocycles. The fourth-order valence-corrected chi connectivity index (χ4v) is 2.60. The second-order valence-electron chi connectivity index (χ2n) is 4.76. The SMILES string of the molecule is CCOC(=O)C(=[N+]=[N-])C(O)(C(=O)OC)C1CCCCC1. The van der Waals surface area contributed by atoms with E-state index in [1.54, 1.807) is 6.92 Å². The van der Waals surface area contributed by atoms with Gasteiger partial charge >= 0.3 is 17.7 Å². The van der Waals surface area contributed by atoms with Crippen molar-refractivity contribution < 1.29 is 29.0 Å². The Balaban J connectivity index is 3.18. The third-order valence-corrected chi connectivity index (χ3v) is 3.62. The smallest absolute Gasteiger partial charge is 0.420 e. The summed E-state index contributed by atoms with van der Waals surface area (Å²) in [5.74, 6) is -2.56. The van der Waals surface area contributed by atoms with Crippen LogP contribution >= 0.6 is 0 Å². The summed E-state index contributed by atoms with van der Waals surface area (Å²) < 4.78 is 9.32. The predicted molar refractivity (Wildman–Crippen MR) is 68.8 cm³/mol. The van der Waals surface area contributed by atoms with Gasteiger partial charge in [0.15, 0.2) is 0 Å². The van der Waals surface area contributed by atoms with E-state index in [0.29, 0.717) is 12.8 Å². The highest BCUT2D eigenvalue weighted by atomic mass is 16.5. The van der Waals surface area contributed by atoms with Gasteiger partial charge in [-0.3, -0.25) is 0 Å². The summed E-state index contributed by atoms with van der Waals surface area (Å²) in [5.41, 5.74) is 6.08. The van der Waals surface area contributed by atoms with E-state index in [1.807, 2.05) is 0 Å². The first-order chi connectivity index (χ1) is 9.52. The van der Waals surface area contributed by atoms with E-state index in [2.05, 4.69) is 9.53 Å². The van der Waals surface area contributed by atoms with Crippen LogP contribution in [-0.4, -0.2) is 46.9 Å². The van der Waals surface area contributed by atoms with Crippen LogP contribution in [0.1, 0.15) is 39.0 Å². The number of hydrogen-bond acceptors (Lipinski definition) is 5. The minimum atomic E-state index is -2.27. The lowest BCUT2D eigenvalue weighted by Gasteiger charge is -2.31. The highest BCUT2D eigenvalue weighted by Crippen LogP contribution is 2.34. The Morgan fingerprint density at radius 1 is 1.35 bits per heavy atom. The van der Waals surface area contributed by atoms with Crippen molar-refractivity contribution in [3.63, 3.8) is 0 Å². The third-order valence-electron chi connectivity index (χ3n) is 3.62. The Morgan fingerprint density at radius 3 is 2.40 bits per heavy atom. The summed E-state index contributed by atoms with van der Waals surface area (Å²) in [7, 11) is 1.11. The largest absolute Gasteiger partial charge is 0.466 e. The van der Waals surface area contributed by atoms with Crippen LogP contribution in [0.15, 0.2) is 0 Å². The van der Waals surface area contributed by atoms with E-state index in [-0.39, 0.29) is 6.61 Å². The first kappa shape index (κ1) is 16.3. The van der Waals surface area contributed by atoms with Gasteiger partial charge in [0.25, 0.3) is 5.60 Å². The van der Waals surface area contributed by atoms with Crippen molar-refractivity contribution in [1.29, 1.82) is 0 Å². The number of methoxy groups -OCH3 is 1.